The molecule has 1 N–H and O–H groups in total. The molecule has 0 aromatic heterocycles. The summed E-state index contributed by atoms with van der Waals surface area (Å²) >= 11 is 0. The van der Waals surface area contributed by atoms with Crippen LogP contribution in [0.5, 0.6) is 11.5 Å². The maximum absolute atomic E-state index is 8.97. The molecule has 2 aromatic carbocycles. The van der Waals surface area contributed by atoms with Crippen molar-refractivity contribution in [2.24, 2.45) is 5.16 Å². The van der Waals surface area contributed by atoms with Crippen LogP contribution in [0.3, 0.4) is 0 Å². The molecule has 2 aromatic rings. The molecule has 4 nitrogen and oxygen atoms in total. The lowest BCUT2D eigenvalue weighted by Crippen LogP contribution is -2.25. The first-order valence-corrected chi connectivity index (χ1v) is 11.0. The summed E-state index contributed by atoms with van der Waals surface area (Å²) in [6.07, 6.45) is 3.77. The third kappa shape index (κ3) is 5.16. The summed E-state index contributed by atoms with van der Waals surface area (Å²) in [6.45, 7) is 14.9. The van der Waals surface area contributed by atoms with Gasteiger partial charge in [0.25, 0.3) is 0 Å². The van der Waals surface area contributed by atoms with Gasteiger partial charge in [0.05, 0.1) is 26.0 Å². The lowest BCUT2D eigenvalue weighted by molar-refractivity contribution is 0.321. The normalized spacial score (nSPS) is 16.5. The number of nitrogens with zero attached hydrogens (tertiary/aromatic N) is 1. The second kappa shape index (κ2) is 11.6. The SMILES string of the molecule is CC.CC.COc1ccc(/C=N/O)c(OC)c1-c1ccc2c(c1)C(C)(C)CCC2C. The monoisotopic (exact) mass is 413 g/mol. The van der Waals surface area contributed by atoms with Crippen molar-refractivity contribution in [3.05, 3.63) is 47.0 Å². The van der Waals surface area contributed by atoms with E-state index >= 15 is 0 Å². The molecular weight excluding hydrogens is 374 g/mol. The number of oxime groups is 1. The largest absolute Gasteiger partial charge is 0.496 e. The van der Waals surface area contributed by atoms with E-state index in [0.717, 1.165) is 16.9 Å². The molecule has 0 radical (unpaired) electrons. The predicted octanol–water partition coefficient (Wildman–Crippen LogP) is 7.41. The van der Waals surface area contributed by atoms with Crippen molar-refractivity contribution in [3.63, 3.8) is 0 Å². The zero-order valence-electron chi connectivity index (χ0n) is 20.2. The van der Waals surface area contributed by atoms with Crippen molar-refractivity contribution in [2.45, 2.75) is 72.6 Å². The standard InChI is InChI=1S/C22H27NO3.2C2H6/c1-14-10-11-22(2,3)18-12-15(6-8-17(14)18)20-19(25-4)9-7-16(13-23-24)21(20)26-5;2*1-2/h6-9,12-14,24H,10-11H2,1-5H3;2*1-2H3/b23-13+;;. The van der Waals surface area contributed by atoms with Gasteiger partial charge in [0.1, 0.15) is 11.5 Å². The molecule has 1 aliphatic rings. The predicted molar refractivity (Wildman–Crippen MR) is 128 cm³/mol. The van der Waals surface area contributed by atoms with E-state index in [2.05, 4.69) is 44.1 Å². The summed E-state index contributed by atoms with van der Waals surface area (Å²) in [7, 11) is 3.28. The Kier molecular flexibility index (Phi) is 9.91. The molecule has 0 aliphatic heterocycles. The molecule has 0 saturated carbocycles. The smallest absolute Gasteiger partial charge is 0.139 e. The minimum atomic E-state index is 0.141. The number of hydrogen-bond acceptors (Lipinski definition) is 4. The quantitative estimate of drug-likeness (QED) is 0.322. The van der Waals surface area contributed by atoms with Crippen LogP contribution in [0.15, 0.2) is 35.5 Å². The second-order valence-corrected chi connectivity index (χ2v) is 7.64. The molecule has 1 unspecified atom stereocenters. The van der Waals surface area contributed by atoms with Crippen molar-refractivity contribution in [1.82, 2.24) is 0 Å². The van der Waals surface area contributed by atoms with Crippen molar-refractivity contribution in [3.8, 4) is 22.6 Å². The van der Waals surface area contributed by atoms with Gasteiger partial charge in [0.15, 0.2) is 0 Å². The van der Waals surface area contributed by atoms with Crippen LogP contribution in [0.2, 0.25) is 0 Å². The summed E-state index contributed by atoms with van der Waals surface area (Å²) in [6, 6.07) is 10.3. The molecule has 0 bridgehead atoms. The molecule has 0 amide bonds. The fourth-order valence-corrected chi connectivity index (χ4v) is 4.00. The summed E-state index contributed by atoms with van der Waals surface area (Å²) < 4.78 is 11.3. The minimum Gasteiger partial charge on any atom is -0.496 e. The van der Waals surface area contributed by atoms with E-state index in [1.54, 1.807) is 14.2 Å². The van der Waals surface area contributed by atoms with Crippen molar-refractivity contribution < 1.29 is 14.7 Å². The first-order valence-electron chi connectivity index (χ1n) is 11.0. The number of rotatable bonds is 4. The van der Waals surface area contributed by atoms with Crippen molar-refractivity contribution in [2.75, 3.05) is 14.2 Å². The Bertz CT molecular complexity index is 840. The molecule has 1 aliphatic carbocycles. The van der Waals surface area contributed by atoms with Crippen LogP contribution in [0.25, 0.3) is 11.1 Å². The topological polar surface area (TPSA) is 51.0 Å². The molecule has 30 heavy (non-hydrogen) atoms. The van der Waals surface area contributed by atoms with Gasteiger partial charge in [-0.2, -0.15) is 0 Å². The van der Waals surface area contributed by atoms with Crippen LogP contribution in [-0.4, -0.2) is 25.6 Å². The molecule has 0 spiro atoms. The van der Waals surface area contributed by atoms with E-state index in [1.807, 2.05) is 39.8 Å². The zero-order chi connectivity index (χ0) is 22.9. The lowest BCUT2D eigenvalue weighted by atomic mass is 9.68. The fraction of sp³-hybridized carbons (Fsp3) is 0.500. The molecule has 4 heteroatoms. The highest BCUT2D eigenvalue weighted by atomic mass is 16.5. The van der Waals surface area contributed by atoms with Gasteiger partial charge in [-0.3, -0.25) is 0 Å². The molecule has 166 valence electrons. The average molecular weight is 414 g/mol. The van der Waals surface area contributed by atoms with Gasteiger partial charge >= 0.3 is 0 Å². The van der Waals surface area contributed by atoms with Gasteiger partial charge in [-0.1, -0.05) is 71.8 Å². The molecular formula is C26H39NO3. The first kappa shape index (κ1) is 25.5. The summed E-state index contributed by atoms with van der Waals surface area (Å²) in [4.78, 5) is 0. The Morgan fingerprint density at radius 2 is 1.70 bits per heavy atom. The molecule has 0 fully saturated rings. The van der Waals surface area contributed by atoms with Crippen LogP contribution < -0.4 is 9.47 Å². The highest BCUT2D eigenvalue weighted by molar-refractivity contribution is 5.91. The molecule has 3 rings (SSSR count). The third-order valence-corrected chi connectivity index (χ3v) is 5.58. The average Bonchev–Trinajstić information content (AvgIpc) is 2.79. The zero-order valence-corrected chi connectivity index (χ0v) is 20.2. The van der Waals surface area contributed by atoms with Gasteiger partial charge < -0.3 is 14.7 Å². The van der Waals surface area contributed by atoms with Crippen molar-refractivity contribution in [1.29, 1.82) is 0 Å². The van der Waals surface area contributed by atoms with Gasteiger partial charge in [-0.05, 0) is 53.0 Å². The van der Waals surface area contributed by atoms with E-state index in [4.69, 9.17) is 14.7 Å². The van der Waals surface area contributed by atoms with Gasteiger partial charge in [0.2, 0.25) is 0 Å². The van der Waals surface area contributed by atoms with Crippen LogP contribution >= 0.6 is 0 Å². The maximum atomic E-state index is 8.97. The van der Waals surface area contributed by atoms with Crippen LogP contribution in [-0.2, 0) is 5.41 Å². The first-order chi connectivity index (χ1) is 14.4. The summed E-state index contributed by atoms with van der Waals surface area (Å²) in [5.41, 5.74) is 5.59. The Balaban J connectivity index is 0.00000106. The second-order valence-electron chi connectivity index (χ2n) is 7.64. The van der Waals surface area contributed by atoms with Gasteiger partial charge in [0, 0.05) is 5.56 Å². The highest BCUT2D eigenvalue weighted by Crippen LogP contribution is 2.46. The molecule has 0 heterocycles. The van der Waals surface area contributed by atoms with Gasteiger partial charge in [-0.15, -0.1) is 0 Å². The number of methoxy groups -OCH3 is 2. The number of benzene rings is 2. The van der Waals surface area contributed by atoms with E-state index in [-0.39, 0.29) is 5.41 Å². The highest BCUT2D eigenvalue weighted by Gasteiger charge is 2.31. The fourth-order valence-electron chi connectivity index (χ4n) is 4.00. The maximum Gasteiger partial charge on any atom is 0.139 e. The molecule has 0 saturated heterocycles. The number of fused-ring (bicyclic) bond motifs is 1. The number of ether oxygens (including phenoxy) is 2. The van der Waals surface area contributed by atoms with E-state index in [0.29, 0.717) is 17.2 Å². The van der Waals surface area contributed by atoms with E-state index < -0.39 is 0 Å². The molecule has 1 atom stereocenters. The summed E-state index contributed by atoms with van der Waals surface area (Å²) in [5, 5.41) is 12.1. The Morgan fingerprint density at radius 3 is 2.27 bits per heavy atom. The number of hydrogen-bond donors (Lipinski definition) is 1. The van der Waals surface area contributed by atoms with E-state index in [9.17, 15) is 0 Å². The Hall–Kier alpha value is -2.49. The van der Waals surface area contributed by atoms with Gasteiger partial charge in [-0.25, -0.2) is 0 Å². The van der Waals surface area contributed by atoms with E-state index in [1.165, 1.54) is 30.2 Å². The Morgan fingerprint density at radius 1 is 1.03 bits per heavy atom. The summed E-state index contributed by atoms with van der Waals surface area (Å²) in [5.74, 6) is 1.95. The Labute approximate surface area is 182 Å². The van der Waals surface area contributed by atoms with Crippen LogP contribution in [0.4, 0.5) is 0 Å². The van der Waals surface area contributed by atoms with Crippen LogP contribution in [0, 0.1) is 0 Å². The van der Waals surface area contributed by atoms with Crippen LogP contribution in [0.1, 0.15) is 83.9 Å². The minimum absolute atomic E-state index is 0.141. The third-order valence-electron chi connectivity index (χ3n) is 5.58. The van der Waals surface area contributed by atoms with Crippen molar-refractivity contribution >= 4 is 6.21 Å². The lowest BCUT2D eigenvalue weighted by Gasteiger charge is -2.36.